The van der Waals surface area contributed by atoms with Crippen LogP contribution in [0.2, 0.25) is 0 Å². The normalized spacial score (nSPS) is 10.9. The smallest absolute Gasteiger partial charge is 0.130 e. The van der Waals surface area contributed by atoms with Crippen LogP contribution < -0.4 is 10.5 Å². The summed E-state index contributed by atoms with van der Waals surface area (Å²) in [6.07, 6.45) is 1.53. The van der Waals surface area contributed by atoms with Gasteiger partial charge in [-0.1, -0.05) is 6.92 Å². The fraction of sp³-hybridized carbons (Fsp3) is 0.438. The van der Waals surface area contributed by atoms with Crippen molar-refractivity contribution in [1.29, 1.82) is 0 Å². The average molecular weight is 291 g/mol. The van der Waals surface area contributed by atoms with E-state index in [1.54, 1.807) is 0 Å². The minimum absolute atomic E-state index is 0.297. The Balaban J connectivity index is 2.10. The fourth-order valence-electron chi connectivity index (χ4n) is 2.25. The number of benzene rings is 1. The Labute approximate surface area is 124 Å². The van der Waals surface area contributed by atoms with Crippen LogP contribution in [0.15, 0.2) is 24.3 Å². The van der Waals surface area contributed by atoms with E-state index in [2.05, 4.69) is 12.0 Å². The summed E-state index contributed by atoms with van der Waals surface area (Å²) in [4.78, 5) is 0. The highest BCUT2D eigenvalue weighted by atomic mass is 19.1. The molecular formula is C16H22FN3O. The van der Waals surface area contributed by atoms with Crippen LogP contribution in [0.4, 0.5) is 4.39 Å². The zero-order valence-electron chi connectivity index (χ0n) is 12.6. The van der Waals surface area contributed by atoms with Crippen LogP contribution in [-0.2, 0) is 26.0 Å². The molecule has 5 heteroatoms. The van der Waals surface area contributed by atoms with Crippen LogP contribution in [0.3, 0.4) is 0 Å². The van der Waals surface area contributed by atoms with Crippen molar-refractivity contribution in [2.24, 2.45) is 5.73 Å². The molecule has 21 heavy (non-hydrogen) atoms. The third-order valence-electron chi connectivity index (χ3n) is 3.33. The van der Waals surface area contributed by atoms with Crippen molar-refractivity contribution < 1.29 is 9.13 Å². The zero-order valence-corrected chi connectivity index (χ0v) is 12.6. The standard InChI is InChI=1S/C16H22FN3O/c1-3-14-10-15(20(4-2)19-14)11-21-16-8-12(5-6-18)7-13(17)9-16/h7-10H,3-6,11,18H2,1-2H3. The van der Waals surface area contributed by atoms with Crippen LogP contribution in [0.5, 0.6) is 5.75 Å². The predicted molar refractivity (Wildman–Crippen MR) is 80.8 cm³/mol. The van der Waals surface area contributed by atoms with Crippen molar-refractivity contribution in [2.75, 3.05) is 6.54 Å². The van der Waals surface area contributed by atoms with Crippen molar-refractivity contribution >= 4 is 0 Å². The van der Waals surface area contributed by atoms with Crippen LogP contribution in [0.1, 0.15) is 30.8 Å². The summed E-state index contributed by atoms with van der Waals surface area (Å²) in [5, 5.41) is 4.47. The van der Waals surface area contributed by atoms with Gasteiger partial charge >= 0.3 is 0 Å². The number of rotatable bonds is 7. The van der Waals surface area contributed by atoms with E-state index in [9.17, 15) is 4.39 Å². The maximum Gasteiger partial charge on any atom is 0.130 e. The molecule has 0 atom stereocenters. The number of halogens is 1. The molecule has 1 aromatic heterocycles. The van der Waals surface area contributed by atoms with Crippen molar-refractivity contribution in [2.45, 2.75) is 39.8 Å². The molecule has 0 aliphatic rings. The highest BCUT2D eigenvalue weighted by Crippen LogP contribution is 2.18. The van der Waals surface area contributed by atoms with E-state index < -0.39 is 0 Å². The second-order valence-corrected chi connectivity index (χ2v) is 4.92. The van der Waals surface area contributed by atoms with Gasteiger partial charge in [-0.2, -0.15) is 5.10 Å². The van der Waals surface area contributed by atoms with Crippen LogP contribution >= 0.6 is 0 Å². The summed E-state index contributed by atoms with van der Waals surface area (Å²) >= 11 is 0. The lowest BCUT2D eigenvalue weighted by Gasteiger charge is -2.09. The van der Waals surface area contributed by atoms with Gasteiger partial charge in [0.2, 0.25) is 0 Å². The first kappa shape index (κ1) is 15.5. The summed E-state index contributed by atoms with van der Waals surface area (Å²) in [6.45, 7) is 5.77. The van der Waals surface area contributed by atoms with Crippen molar-refractivity contribution in [1.82, 2.24) is 9.78 Å². The van der Waals surface area contributed by atoms with Crippen molar-refractivity contribution in [3.05, 3.63) is 47.0 Å². The SMILES string of the molecule is CCc1cc(COc2cc(F)cc(CCN)c2)n(CC)n1. The number of aromatic nitrogens is 2. The number of nitrogens with two attached hydrogens (primary N) is 1. The molecule has 114 valence electrons. The van der Waals surface area contributed by atoms with Crippen molar-refractivity contribution in [3.63, 3.8) is 0 Å². The minimum Gasteiger partial charge on any atom is -0.487 e. The van der Waals surface area contributed by atoms with Crippen LogP contribution in [-0.4, -0.2) is 16.3 Å². The van der Waals surface area contributed by atoms with E-state index >= 15 is 0 Å². The fourth-order valence-corrected chi connectivity index (χ4v) is 2.25. The quantitative estimate of drug-likeness (QED) is 0.853. The predicted octanol–water partition coefficient (Wildman–Crippen LogP) is 2.68. The minimum atomic E-state index is -0.297. The maximum atomic E-state index is 13.5. The largest absolute Gasteiger partial charge is 0.487 e. The summed E-state index contributed by atoms with van der Waals surface area (Å²) in [6, 6.07) is 6.76. The molecule has 0 bridgehead atoms. The molecule has 0 radical (unpaired) electrons. The Bertz CT molecular complexity index is 595. The first-order valence-electron chi connectivity index (χ1n) is 7.34. The van der Waals surface area contributed by atoms with Gasteiger partial charge in [-0.25, -0.2) is 4.39 Å². The third kappa shape index (κ3) is 4.04. The number of nitrogens with zero attached hydrogens (tertiary/aromatic N) is 2. The lowest BCUT2D eigenvalue weighted by atomic mass is 10.1. The van der Waals surface area contributed by atoms with E-state index in [-0.39, 0.29) is 5.82 Å². The second-order valence-electron chi connectivity index (χ2n) is 4.92. The van der Waals surface area contributed by atoms with Gasteiger partial charge < -0.3 is 10.5 Å². The molecule has 2 rings (SSSR count). The molecule has 1 aromatic carbocycles. The Kier molecular flexibility index (Phi) is 5.33. The third-order valence-corrected chi connectivity index (χ3v) is 3.33. The number of hydrogen-bond acceptors (Lipinski definition) is 3. The van der Waals surface area contributed by atoms with E-state index in [0.29, 0.717) is 25.3 Å². The first-order chi connectivity index (χ1) is 10.2. The average Bonchev–Trinajstić information content (AvgIpc) is 2.87. The van der Waals surface area contributed by atoms with Gasteiger partial charge in [0.15, 0.2) is 0 Å². The van der Waals surface area contributed by atoms with Gasteiger partial charge in [0.05, 0.1) is 11.4 Å². The summed E-state index contributed by atoms with van der Waals surface area (Å²) < 4.78 is 21.2. The molecule has 2 aromatic rings. The molecule has 0 saturated carbocycles. The summed E-state index contributed by atoms with van der Waals surface area (Å²) in [5.41, 5.74) is 8.40. The molecule has 0 spiro atoms. The maximum absolute atomic E-state index is 13.5. The van der Waals surface area contributed by atoms with E-state index in [0.717, 1.165) is 29.9 Å². The molecule has 0 unspecified atom stereocenters. The van der Waals surface area contributed by atoms with Gasteiger partial charge in [-0.15, -0.1) is 0 Å². The van der Waals surface area contributed by atoms with E-state index in [1.165, 1.54) is 12.1 Å². The Hall–Kier alpha value is -1.88. The lowest BCUT2D eigenvalue weighted by Crippen LogP contribution is -2.07. The Morgan fingerprint density at radius 2 is 2.05 bits per heavy atom. The summed E-state index contributed by atoms with van der Waals surface area (Å²) in [7, 11) is 0. The van der Waals surface area contributed by atoms with Gasteiger partial charge in [0.1, 0.15) is 18.2 Å². The van der Waals surface area contributed by atoms with Crippen LogP contribution in [0, 0.1) is 5.82 Å². The zero-order chi connectivity index (χ0) is 15.2. The molecule has 0 saturated heterocycles. The first-order valence-corrected chi connectivity index (χ1v) is 7.34. The number of ether oxygens (including phenoxy) is 1. The molecule has 0 aliphatic carbocycles. The van der Waals surface area contributed by atoms with Gasteiger partial charge in [-0.3, -0.25) is 4.68 Å². The molecule has 0 aliphatic heterocycles. The lowest BCUT2D eigenvalue weighted by molar-refractivity contribution is 0.290. The monoisotopic (exact) mass is 291 g/mol. The number of aryl methyl sites for hydroxylation is 2. The molecule has 0 fully saturated rings. The number of hydrogen-bond donors (Lipinski definition) is 1. The van der Waals surface area contributed by atoms with Crippen molar-refractivity contribution in [3.8, 4) is 5.75 Å². The van der Waals surface area contributed by atoms with Gasteiger partial charge in [-0.05, 0) is 50.1 Å². The Morgan fingerprint density at radius 3 is 2.71 bits per heavy atom. The Morgan fingerprint density at radius 1 is 1.24 bits per heavy atom. The summed E-state index contributed by atoms with van der Waals surface area (Å²) in [5.74, 6) is 0.231. The highest BCUT2D eigenvalue weighted by molar-refractivity contribution is 5.30. The second kappa shape index (κ2) is 7.22. The molecule has 0 amide bonds. The molecule has 2 N–H and O–H groups in total. The molecule has 4 nitrogen and oxygen atoms in total. The van der Waals surface area contributed by atoms with E-state index in [4.69, 9.17) is 10.5 Å². The van der Waals surface area contributed by atoms with E-state index in [1.807, 2.05) is 23.7 Å². The van der Waals surface area contributed by atoms with Gasteiger partial charge in [0.25, 0.3) is 0 Å². The van der Waals surface area contributed by atoms with Crippen LogP contribution in [0.25, 0.3) is 0 Å². The highest BCUT2D eigenvalue weighted by Gasteiger charge is 2.07. The van der Waals surface area contributed by atoms with Gasteiger partial charge in [0, 0.05) is 12.6 Å². The molecular weight excluding hydrogens is 269 g/mol. The molecule has 1 heterocycles. The topological polar surface area (TPSA) is 53.1 Å².